The molecule has 0 radical (unpaired) electrons. The summed E-state index contributed by atoms with van der Waals surface area (Å²) >= 11 is 0. The van der Waals surface area contributed by atoms with Gasteiger partial charge in [-0.15, -0.1) is 6.58 Å². The minimum atomic E-state index is -0.464. The van der Waals surface area contributed by atoms with E-state index in [0.29, 0.717) is 6.54 Å². The van der Waals surface area contributed by atoms with Gasteiger partial charge in [-0.3, -0.25) is 9.59 Å². The van der Waals surface area contributed by atoms with Gasteiger partial charge in [0.1, 0.15) is 0 Å². The number of rotatable bonds is 8. The molecule has 0 aliphatic heterocycles. The lowest BCUT2D eigenvalue weighted by atomic mass is 10.1. The molecule has 3 rings (SSSR count). The highest BCUT2D eigenvalue weighted by Gasteiger charge is 2.19. The van der Waals surface area contributed by atoms with Gasteiger partial charge in [-0.2, -0.15) is 5.10 Å². The SMILES string of the molecule is C=CCN(C(=O)COC(=O)Cc1c(C)nn(-c2ccccc2)c1C)c1ccccc1. The summed E-state index contributed by atoms with van der Waals surface area (Å²) in [6.45, 7) is 7.49. The maximum atomic E-state index is 12.6. The molecule has 1 amide bonds. The van der Waals surface area contributed by atoms with Crippen molar-refractivity contribution in [1.29, 1.82) is 0 Å². The predicted octanol–water partition coefficient (Wildman–Crippen LogP) is 3.79. The number of aryl methyl sites for hydroxylation is 1. The Morgan fingerprint density at radius 1 is 1.07 bits per heavy atom. The van der Waals surface area contributed by atoms with Gasteiger partial charge < -0.3 is 9.64 Å². The first-order valence-electron chi connectivity index (χ1n) is 9.73. The summed E-state index contributed by atoms with van der Waals surface area (Å²) in [5, 5.41) is 4.54. The van der Waals surface area contributed by atoms with Gasteiger partial charge in [-0.25, -0.2) is 4.68 Å². The van der Waals surface area contributed by atoms with Crippen molar-refractivity contribution in [2.45, 2.75) is 20.3 Å². The molecule has 1 aromatic heterocycles. The predicted molar refractivity (Wildman–Crippen MR) is 117 cm³/mol. The van der Waals surface area contributed by atoms with E-state index in [9.17, 15) is 9.59 Å². The monoisotopic (exact) mass is 403 g/mol. The van der Waals surface area contributed by atoms with Gasteiger partial charge in [0.25, 0.3) is 5.91 Å². The van der Waals surface area contributed by atoms with Crippen LogP contribution in [0.5, 0.6) is 0 Å². The lowest BCUT2D eigenvalue weighted by molar-refractivity contribution is -0.147. The summed E-state index contributed by atoms with van der Waals surface area (Å²) in [4.78, 5) is 26.6. The van der Waals surface area contributed by atoms with Gasteiger partial charge in [0.15, 0.2) is 6.61 Å². The summed E-state index contributed by atoms with van der Waals surface area (Å²) < 4.78 is 7.09. The van der Waals surface area contributed by atoms with Gasteiger partial charge >= 0.3 is 5.97 Å². The van der Waals surface area contributed by atoms with Crippen LogP contribution in [-0.2, 0) is 20.7 Å². The molecule has 0 unspecified atom stereocenters. The van der Waals surface area contributed by atoms with Crippen molar-refractivity contribution in [3.05, 3.63) is 90.3 Å². The number of benzene rings is 2. The highest BCUT2D eigenvalue weighted by molar-refractivity contribution is 5.95. The molecule has 6 nitrogen and oxygen atoms in total. The Morgan fingerprint density at radius 3 is 2.33 bits per heavy atom. The Hall–Kier alpha value is -3.67. The van der Waals surface area contributed by atoms with Crippen LogP contribution in [0.2, 0.25) is 0 Å². The van der Waals surface area contributed by atoms with Crippen molar-refractivity contribution >= 4 is 17.6 Å². The zero-order valence-corrected chi connectivity index (χ0v) is 17.2. The standard InChI is InChI=1S/C24H25N3O3/c1-4-15-26(20-11-7-5-8-12-20)23(28)17-30-24(29)16-22-18(2)25-27(19(22)3)21-13-9-6-10-14-21/h4-14H,1,15-17H2,2-3H3. The lowest BCUT2D eigenvalue weighted by Gasteiger charge is -2.21. The summed E-state index contributed by atoms with van der Waals surface area (Å²) in [6.07, 6.45) is 1.70. The first-order valence-corrected chi connectivity index (χ1v) is 9.73. The summed E-state index contributed by atoms with van der Waals surface area (Å²) in [5.74, 6) is -0.767. The molecule has 0 aliphatic carbocycles. The number of carbonyl (C=O) groups excluding carboxylic acids is 2. The van der Waals surface area contributed by atoms with Gasteiger partial charge in [0.05, 0.1) is 17.8 Å². The van der Waals surface area contributed by atoms with Crippen molar-refractivity contribution in [2.75, 3.05) is 18.1 Å². The fraction of sp³-hybridized carbons (Fsp3) is 0.208. The molecule has 1 heterocycles. The highest BCUT2D eigenvalue weighted by atomic mass is 16.5. The lowest BCUT2D eigenvalue weighted by Crippen LogP contribution is -2.35. The number of hydrogen-bond donors (Lipinski definition) is 0. The van der Waals surface area contributed by atoms with E-state index in [2.05, 4.69) is 11.7 Å². The molecule has 0 saturated carbocycles. The normalized spacial score (nSPS) is 10.5. The van der Waals surface area contributed by atoms with Crippen molar-refractivity contribution in [3.8, 4) is 5.69 Å². The van der Waals surface area contributed by atoms with Crippen LogP contribution in [0.1, 0.15) is 17.0 Å². The second-order valence-electron chi connectivity index (χ2n) is 6.86. The number of carbonyl (C=O) groups is 2. The number of ether oxygens (including phenoxy) is 1. The number of hydrogen-bond acceptors (Lipinski definition) is 4. The smallest absolute Gasteiger partial charge is 0.310 e. The maximum absolute atomic E-state index is 12.6. The van der Waals surface area contributed by atoms with E-state index in [0.717, 1.165) is 28.3 Å². The Balaban J connectivity index is 1.65. The third-order valence-corrected chi connectivity index (χ3v) is 4.80. The van der Waals surface area contributed by atoms with Crippen molar-refractivity contribution in [3.63, 3.8) is 0 Å². The Labute approximate surface area is 176 Å². The number of amides is 1. The molecule has 30 heavy (non-hydrogen) atoms. The van der Waals surface area contributed by atoms with Crippen LogP contribution >= 0.6 is 0 Å². The number of anilines is 1. The molecular formula is C24H25N3O3. The molecule has 2 aromatic carbocycles. The molecule has 3 aromatic rings. The molecule has 6 heteroatoms. The molecule has 0 fully saturated rings. The van der Waals surface area contributed by atoms with Gasteiger partial charge in [0.2, 0.25) is 0 Å². The Morgan fingerprint density at radius 2 is 1.70 bits per heavy atom. The van der Waals surface area contributed by atoms with Crippen LogP contribution in [0.25, 0.3) is 5.69 Å². The number of aromatic nitrogens is 2. The molecule has 0 atom stereocenters. The second kappa shape index (κ2) is 9.69. The second-order valence-corrected chi connectivity index (χ2v) is 6.86. The van der Waals surface area contributed by atoms with E-state index < -0.39 is 5.97 Å². The molecule has 0 bridgehead atoms. The average molecular weight is 403 g/mol. The third kappa shape index (κ3) is 4.84. The van der Waals surface area contributed by atoms with E-state index in [1.165, 1.54) is 4.90 Å². The van der Waals surface area contributed by atoms with Crippen LogP contribution in [0.15, 0.2) is 73.3 Å². The first kappa shape index (κ1) is 21.0. The fourth-order valence-electron chi connectivity index (χ4n) is 3.26. The van der Waals surface area contributed by atoms with E-state index in [-0.39, 0.29) is 18.9 Å². The summed E-state index contributed by atoms with van der Waals surface area (Å²) in [6, 6.07) is 19.0. The molecule has 0 spiro atoms. The molecule has 0 saturated heterocycles. The third-order valence-electron chi connectivity index (χ3n) is 4.80. The van der Waals surface area contributed by atoms with Crippen LogP contribution < -0.4 is 4.90 Å². The maximum Gasteiger partial charge on any atom is 0.310 e. The van der Waals surface area contributed by atoms with Gasteiger partial charge in [-0.05, 0) is 38.1 Å². The van der Waals surface area contributed by atoms with E-state index >= 15 is 0 Å². The zero-order chi connectivity index (χ0) is 21.5. The Bertz CT molecular complexity index is 1030. The van der Waals surface area contributed by atoms with Crippen LogP contribution in [-0.4, -0.2) is 34.8 Å². The minimum Gasteiger partial charge on any atom is -0.455 e. The van der Waals surface area contributed by atoms with Crippen molar-refractivity contribution < 1.29 is 14.3 Å². The summed E-state index contributed by atoms with van der Waals surface area (Å²) in [7, 11) is 0. The van der Waals surface area contributed by atoms with Gasteiger partial charge in [-0.1, -0.05) is 42.5 Å². The average Bonchev–Trinajstić information content (AvgIpc) is 3.05. The Kier molecular flexibility index (Phi) is 6.80. The van der Waals surface area contributed by atoms with Crippen molar-refractivity contribution in [2.24, 2.45) is 0 Å². The van der Waals surface area contributed by atoms with E-state index in [4.69, 9.17) is 4.74 Å². The fourth-order valence-corrected chi connectivity index (χ4v) is 3.26. The molecule has 0 N–H and O–H groups in total. The van der Waals surface area contributed by atoms with Crippen LogP contribution in [0, 0.1) is 13.8 Å². The van der Waals surface area contributed by atoms with Gasteiger partial charge in [0, 0.05) is 23.5 Å². The molecule has 154 valence electrons. The largest absolute Gasteiger partial charge is 0.455 e. The van der Waals surface area contributed by atoms with Crippen LogP contribution in [0.4, 0.5) is 5.69 Å². The quantitative estimate of drug-likeness (QED) is 0.424. The highest BCUT2D eigenvalue weighted by Crippen LogP contribution is 2.19. The zero-order valence-electron chi connectivity index (χ0n) is 17.2. The van der Waals surface area contributed by atoms with E-state index in [1.807, 2.05) is 79.2 Å². The minimum absolute atomic E-state index is 0.0601. The topological polar surface area (TPSA) is 64.4 Å². The number of para-hydroxylation sites is 2. The number of esters is 1. The molecule has 0 aliphatic rings. The van der Waals surface area contributed by atoms with Crippen LogP contribution in [0.3, 0.4) is 0 Å². The first-order chi connectivity index (χ1) is 14.5. The summed E-state index contributed by atoms with van der Waals surface area (Å²) in [5.41, 5.74) is 4.10. The van der Waals surface area contributed by atoms with Crippen molar-refractivity contribution in [1.82, 2.24) is 9.78 Å². The number of nitrogens with zero attached hydrogens (tertiary/aromatic N) is 3. The molecular weight excluding hydrogens is 378 g/mol. The van der Waals surface area contributed by atoms with E-state index in [1.54, 1.807) is 6.08 Å².